The quantitative estimate of drug-likeness (QED) is 0.265. The van der Waals surface area contributed by atoms with Gasteiger partial charge in [-0.3, -0.25) is 19.2 Å². The van der Waals surface area contributed by atoms with Crippen LogP contribution in [0.2, 0.25) is 0 Å². The molecule has 0 spiro atoms. The van der Waals surface area contributed by atoms with Crippen LogP contribution in [0, 0.1) is 13.8 Å². The van der Waals surface area contributed by atoms with E-state index in [9.17, 15) is 19.2 Å². The predicted octanol–water partition coefficient (Wildman–Crippen LogP) is 5.01. The molecule has 1 atom stereocenters. The van der Waals surface area contributed by atoms with Crippen LogP contribution in [-0.4, -0.2) is 37.0 Å². The summed E-state index contributed by atoms with van der Waals surface area (Å²) < 4.78 is 8.33. The minimum Gasteiger partial charge on any atom is -0.381 e. The van der Waals surface area contributed by atoms with Crippen molar-refractivity contribution in [2.75, 3.05) is 15.5 Å². The van der Waals surface area contributed by atoms with Gasteiger partial charge in [-0.2, -0.15) is 4.74 Å². The number of aryl methyl sites for hydroxylation is 4. The van der Waals surface area contributed by atoms with Gasteiger partial charge in [-0.25, -0.2) is 9.97 Å². The lowest BCUT2D eigenvalue weighted by molar-refractivity contribution is 0.0988. The van der Waals surface area contributed by atoms with Crippen molar-refractivity contribution in [3.63, 3.8) is 0 Å². The predicted molar refractivity (Wildman–Crippen MR) is 168 cm³/mol. The molecule has 228 valence electrons. The Kier molecular flexibility index (Phi) is 7.41. The third-order valence-corrected chi connectivity index (χ3v) is 7.77. The number of hydrogen-bond acceptors (Lipinski definition) is 7. The molecule has 3 aromatic heterocycles. The summed E-state index contributed by atoms with van der Waals surface area (Å²) in [4.78, 5) is 63.3. The molecule has 1 aliphatic rings. The minimum atomic E-state index is -0.494. The van der Waals surface area contributed by atoms with Crippen LogP contribution < -0.4 is 21.1 Å². The molecule has 6 rings (SSSR count). The summed E-state index contributed by atoms with van der Waals surface area (Å²) in [7, 11) is 3.36. The van der Waals surface area contributed by atoms with Gasteiger partial charge >= 0.3 is 0 Å². The summed E-state index contributed by atoms with van der Waals surface area (Å²) in [6.45, 7) is 5.41. The summed E-state index contributed by atoms with van der Waals surface area (Å²) in [5.74, 6) is -0.199. The van der Waals surface area contributed by atoms with Gasteiger partial charge in [0.25, 0.3) is 23.3 Å². The molecular weight excluding hydrogens is 574 g/mol. The van der Waals surface area contributed by atoms with E-state index in [1.54, 1.807) is 105 Å². The van der Waals surface area contributed by atoms with E-state index in [0.29, 0.717) is 62.9 Å². The van der Waals surface area contributed by atoms with Crippen molar-refractivity contribution >= 4 is 34.9 Å². The Morgan fingerprint density at radius 3 is 2.38 bits per heavy atom. The van der Waals surface area contributed by atoms with Crippen LogP contribution in [-0.2, 0) is 14.1 Å². The van der Waals surface area contributed by atoms with Gasteiger partial charge in [0.1, 0.15) is 11.5 Å². The highest BCUT2D eigenvalue weighted by molar-refractivity contribution is 6.15. The van der Waals surface area contributed by atoms with Crippen LogP contribution in [0.1, 0.15) is 67.6 Å². The molecule has 0 aliphatic carbocycles. The first-order valence-electron chi connectivity index (χ1n) is 14.4. The number of rotatable bonds is 7. The SMILES string of the molecule is CC[C@H]1c2c(cc(C)nc2C(=O)Nc2cccc(C(=O)Nc3cn(C)cn3)c2)C(=O)N1c1ccc(-c2c(C)on(C)c2=O)cc1. The van der Waals surface area contributed by atoms with E-state index in [0.717, 1.165) is 0 Å². The molecule has 0 saturated heterocycles. The molecule has 2 aromatic carbocycles. The van der Waals surface area contributed by atoms with Crippen LogP contribution in [0.3, 0.4) is 0 Å². The second-order valence-corrected chi connectivity index (χ2v) is 11.0. The molecule has 5 aromatic rings. The van der Waals surface area contributed by atoms with Crippen LogP contribution in [0.4, 0.5) is 17.2 Å². The van der Waals surface area contributed by atoms with Crippen molar-refractivity contribution in [1.82, 2.24) is 19.3 Å². The van der Waals surface area contributed by atoms with Gasteiger partial charge < -0.3 is 24.6 Å². The molecule has 0 saturated carbocycles. The Morgan fingerprint density at radius 1 is 0.978 bits per heavy atom. The third kappa shape index (κ3) is 5.30. The molecule has 0 bridgehead atoms. The molecule has 3 amide bonds. The van der Waals surface area contributed by atoms with E-state index in [2.05, 4.69) is 20.6 Å². The third-order valence-electron chi connectivity index (χ3n) is 7.77. The minimum absolute atomic E-state index is 0.144. The molecule has 0 unspecified atom stereocenters. The number of carbonyl (C=O) groups is 3. The molecule has 0 radical (unpaired) electrons. The Hall–Kier alpha value is -5.78. The van der Waals surface area contributed by atoms with E-state index >= 15 is 0 Å². The van der Waals surface area contributed by atoms with Crippen molar-refractivity contribution in [3.8, 4) is 11.1 Å². The number of aromatic nitrogens is 4. The Morgan fingerprint density at radius 2 is 1.73 bits per heavy atom. The van der Waals surface area contributed by atoms with Gasteiger partial charge in [-0.1, -0.05) is 25.1 Å². The number of carbonyl (C=O) groups excluding carboxylic acids is 3. The smallest absolute Gasteiger partial charge is 0.290 e. The normalized spacial score (nSPS) is 14.0. The van der Waals surface area contributed by atoms with Crippen LogP contribution in [0.25, 0.3) is 11.1 Å². The van der Waals surface area contributed by atoms with Gasteiger partial charge in [0.05, 0.1) is 17.9 Å². The average molecular weight is 606 g/mol. The van der Waals surface area contributed by atoms with E-state index in [-0.39, 0.29) is 23.1 Å². The maximum atomic E-state index is 13.8. The standard InChI is InChI=1S/C33H31N7O5/c1-6-25-28-24(32(43)40(25)23-12-10-20(11-13-23)27-19(3)45-39(5)33(27)44)14-18(2)35-29(28)31(42)36-22-9-7-8-21(15-22)30(41)37-26-16-38(4)17-34-26/h7-17,25H,6H2,1-5H3,(H,36,42)(H,37,41)/t25-/m0/s1. The lowest BCUT2D eigenvalue weighted by Gasteiger charge is -2.25. The molecule has 12 heteroatoms. The Labute approximate surface area is 258 Å². The average Bonchev–Trinajstić information content (AvgIpc) is 3.64. The summed E-state index contributed by atoms with van der Waals surface area (Å²) in [6.07, 6.45) is 3.78. The van der Waals surface area contributed by atoms with Crippen molar-refractivity contribution in [3.05, 3.63) is 111 Å². The maximum absolute atomic E-state index is 13.8. The number of fused-ring (bicyclic) bond motifs is 1. The number of hydrogen-bond donors (Lipinski definition) is 2. The highest BCUT2D eigenvalue weighted by Crippen LogP contribution is 2.41. The van der Waals surface area contributed by atoms with E-state index in [1.807, 2.05) is 6.92 Å². The zero-order valence-corrected chi connectivity index (χ0v) is 25.4. The summed E-state index contributed by atoms with van der Waals surface area (Å²) in [5.41, 5.74) is 3.87. The highest BCUT2D eigenvalue weighted by atomic mass is 16.5. The lowest BCUT2D eigenvalue weighted by atomic mass is 9.99. The summed E-state index contributed by atoms with van der Waals surface area (Å²) in [5, 5.41) is 5.59. The Bertz CT molecular complexity index is 2040. The fourth-order valence-corrected chi connectivity index (χ4v) is 5.77. The van der Waals surface area contributed by atoms with E-state index in [1.165, 1.54) is 4.74 Å². The number of nitrogens with one attached hydrogen (secondary N) is 2. The van der Waals surface area contributed by atoms with Gasteiger partial charge in [0.15, 0.2) is 5.82 Å². The fourth-order valence-electron chi connectivity index (χ4n) is 5.77. The number of pyridine rings is 1. The molecule has 12 nitrogen and oxygen atoms in total. The van der Waals surface area contributed by atoms with Crippen LogP contribution in [0.5, 0.6) is 0 Å². The largest absolute Gasteiger partial charge is 0.381 e. The number of benzene rings is 2. The van der Waals surface area contributed by atoms with Gasteiger partial charge in [-0.05, 0) is 62.2 Å². The first kappa shape index (κ1) is 29.3. The first-order chi connectivity index (χ1) is 21.5. The maximum Gasteiger partial charge on any atom is 0.290 e. The molecular formula is C33H31N7O5. The summed E-state index contributed by atoms with van der Waals surface area (Å²) in [6, 6.07) is 14.9. The second kappa shape index (κ2) is 11.4. The summed E-state index contributed by atoms with van der Waals surface area (Å²) >= 11 is 0. The second-order valence-electron chi connectivity index (χ2n) is 11.0. The van der Waals surface area contributed by atoms with Crippen molar-refractivity contribution in [1.29, 1.82) is 0 Å². The van der Waals surface area contributed by atoms with Crippen LogP contribution in [0.15, 0.2) is 76.4 Å². The highest BCUT2D eigenvalue weighted by Gasteiger charge is 2.40. The molecule has 45 heavy (non-hydrogen) atoms. The van der Waals surface area contributed by atoms with E-state index in [4.69, 9.17) is 4.52 Å². The molecule has 2 N–H and O–H groups in total. The van der Waals surface area contributed by atoms with Crippen LogP contribution >= 0.6 is 0 Å². The van der Waals surface area contributed by atoms with E-state index < -0.39 is 11.9 Å². The van der Waals surface area contributed by atoms with Crippen molar-refractivity contribution < 1.29 is 18.9 Å². The first-order valence-corrected chi connectivity index (χ1v) is 14.4. The number of amides is 3. The topological polar surface area (TPSA) is 144 Å². The number of nitrogens with zero attached hydrogens (tertiary/aromatic N) is 5. The monoisotopic (exact) mass is 605 g/mol. The van der Waals surface area contributed by atoms with Gasteiger partial charge in [0.2, 0.25) is 0 Å². The van der Waals surface area contributed by atoms with Gasteiger partial charge in [-0.15, -0.1) is 0 Å². The van der Waals surface area contributed by atoms with Gasteiger partial charge in [0, 0.05) is 54.1 Å². The lowest BCUT2D eigenvalue weighted by Crippen LogP contribution is -2.28. The molecule has 0 fully saturated rings. The fraction of sp³-hybridized carbons (Fsp3) is 0.212. The zero-order valence-electron chi connectivity index (χ0n) is 25.4. The number of imidazole rings is 1. The number of anilines is 3. The zero-order chi connectivity index (χ0) is 32.0. The Balaban J connectivity index is 1.28. The molecule has 4 heterocycles. The van der Waals surface area contributed by atoms with Crippen molar-refractivity contribution in [2.24, 2.45) is 14.1 Å². The molecule has 1 aliphatic heterocycles. The van der Waals surface area contributed by atoms with Crippen molar-refractivity contribution in [2.45, 2.75) is 33.2 Å².